The number of nitrogens with one attached hydrogen (secondary N) is 2. The molecule has 2 aromatic rings. The number of rotatable bonds is 6. The van der Waals surface area contributed by atoms with Crippen molar-refractivity contribution in [2.75, 3.05) is 16.5 Å². The molecule has 3 aliphatic rings. The molecule has 2 aliphatic carbocycles. The van der Waals surface area contributed by atoms with Crippen LogP contribution in [0.5, 0.6) is 0 Å². The number of aromatic amines is 1. The van der Waals surface area contributed by atoms with E-state index in [9.17, 15) is 21.6 Å². The van der Waals surface area contributed by atoms with Gasteiger partial charge in [0.05, 0.1) is 17.1 Å². The van der Waals surface area contributed by atoms with Crippen molar-refractivity contribution in [3.63, 3.8) is 0 Å². The maximum absolute atomic E-state index is 13.9. The molecule has 34 heavy (non-hydrogen) atoms. The van der Waals surface area contributed by atoms with Gasteiger partial charge in [-0.15, -0.1) is 5.10 Å². The van der Waals surface area contributed by atoms with Crippen LogP contribution in [-0.2, 0) is 14.6 Å². The Bertz CT molecular complexity index is 1150. The van der Waals surface area contributed by atoms with Crippen LogP contribution in [0.25, 0.3) is 6.08 Å². The topological polar surface area (TPSA) is 118 Å². The van der Waals surface area contributed by atoms with Crippen LogP contribution in [0.4, 0.5) is 24.8 Å². The van der Waals surface area contributed by atoms with Crippen LogP contribution in [-0.4, -0.2) is 62.7 Å². The van der Waals surface area contributed by atoms with E-state index < -0.39 is 28.0 Å². The molecule has 1 aliphatic heterocycles. The molecule has 186 valence electrons. The van der Waals surface area contributed by atoms with Gasteiger partial charge in [0.2, 0.25) is 12.3 Å². The summed E-state index contributed by atoms with van der Waals surface area (Å²) < 4.78 is 72.4. The second-order valence-corrected chi connectivity index (χ2v) is 11.5. The minimum absolute atomic E-state index is 0.0241. The summed E-state index contributed by atoms with van der Waals surface area (Å²) in [5.41, 5.74) is -1.72. The van der Waals surface area contributed by atoms with Crippen molar-refractivity contribution in [3.8, 4) is 0 Å². The molecule has 1 atom stereocenters. The van der Waals surface area contributed by atoms with E-state index in [-0.39, 0.29) is 30.1 Å². The fourth-order valence-corrected chi connectivity index (χ4v) is 5.83. The number of ether oxygens (including phenoxy) is 1. The molecule has 10 nitrogen and oxygen atoms in total. The zero-order valence-electron chi connectivity index (χ0n) is 18.5. The molecule has 14 heteroatoms. The second kappa shape index (κ2) is 8.26. The molecule has 2 N–H and O–H groups in total. The van der Waals surface area contributed by atoms with Gasteiger partial charge in [-0.1, -0.05) is 0 Å². The van der Waals surface area contributed by atoms with Gasteiger partial charge in [-0.05, 0) is 51.0 Å². The molecule has 0 amide bonds. The van der Waals surface area contributed by atoms with Crippen LogP contribution >= 0.6 is 0 Å². The number of halogens is 3. The van der Waals surface area contributed by atoms with Gasteiger partial charge in [0.15, 0.2) is 11.4 Å². The van der Waals surface area contributed by atoms with Crippen LogP contribution < -0.4 is 10.2 Å². The van der Waals surface area contributed by atoms with Gasteiger partial charge in [-0.2, -0.15) is 27.9 Å². The van der Waals surface area contributed by atoms with Crippen LogP contribution in [0.3, 0.4) is 0 Å². The van der Waals surface area contributed by atoms with E-state index >= 15 is 0 Å². The zero-order chi connectivity index (χ0) is 24.1. The molecular formula is C20H26F3N7O3S. The summed E-state index contributed by atoms with van der Waals surface area (Å²) in [4.78, 5) is 5.96. The number of hydrogen-bond donors (Lipinski definition) is 2. The van der Waals surface area contributed by atoms with Crippen LogP contribution in [0, 0.1) is 0 Å². The smallest absolute Gasteiger partial charge is 0.350 e. The predicted molar refractivity (Wildman–Crippen MR) is 117 cm³/mol. The number of hydrogen-bond acceptors (Lipinski definition) is 8. The quantitative estimate of drug-likeness (QED) is 0.620. The van der Waals surface area contributed by atoms with Crippen molar-refractivity contribution >= 4 is 27.5 Å². The Morgan fingerprint density at radius 3 is 2.53 bits per heavy atom. The fraction of sp³-hybridized carbons (Fsp3) is 0.650. The van der Waals surface area contributed by atoms with Gasteiger partial charge < -0.3 is 10.1 Å². The highest BCUT2D eigenvalue weighted by Gasteiger charge is 2.61. The molecule has 3 heterocycles. The van der Waals surface area contributed by atoms with Crippen molar-refractivity contribution in [2.24, 2.45) is 0 Å². The summed E-state index contributed by atoms with van der Waals surface area (Å²) in [5, 5.41) is 13.9. The highest BCUT2D eigenvalue weighted by Crippen LogP contribution is 2.51. The average molecular weight is 502 g/mol. The molecule has 0 radical (unpaired) electrons. The molecule has 0 bridgehead atoms. The molecular weight excluding hydrogens is 475 g/mol. The lowest BCUT2D eigenvalue weighted by molar-refractivity contribution is -0.326. The molecule has 0 spiro atoms. The Hall–Kier alpha value is -2.61. The lowest BCUT2D eigenvalue weighted by atomic mass is 9.79. The summed E-state index contributed by atoms with van der Waals surface area (Å²) in [6.45, 7) is 0. The third kappa shape index (κ3) is 4.17. The lowest BCUT2D eigenvalue weighted by Crippen LogP contribution is -2.56. The first-order valence-electron chi connectivity index (χ1n) is 11.2. The second-order valence-electron chi connectivity index (χ2n) is 9.15. The number of H-pyrrole nitrogens is 1. The molecule has 2 saturated carbocycles. The highest BCUT2D eigenvalue weighted by molar-refractivity contribution is 7.91. The van der Waals surface area contributed by atoms with Crippen LogP contribution in [0.2, 0.25) is 0 Å². The SMILES string of the molecule is CS(=O)(=O)C1CCC(Nc2nc3n(n2)C(OC2(C(F)(F)F)CCC2)N(c2cn[nH]c2)C=C3)CC1. The molecule has 2 fully saturated rings. The predicted octanol–water partition coefficient (Wildman–Crippen LogP) is 3.22. The van der Waals surface area contributed by atoms with Gasteiger partial charge in [-0.3, -0.25) is 10.00 Å². The Kier molecular flexibility index (Phi) is 5.62. The summed E-state index contributed by atoms with van der Waals surface area (Å²) >= 11 is 0. The first kappa shape index (κ1) is 23.1. The monoisotopic (exact) mass is 501 g/mol. The highest BCUT2D eigenvalue weighted by atomic mass is 32.2. The summed E-state index contributed by atoms with van der Waals surface area (Å²) in [5.74, 6) is 0.619. The van der Waals surface area contributed by atoms with Gasteiger partial charge in [0.25, 0.3) is 0 Å². The van der Waals surface area contributed by atoms with E-state index in [1.165, 1.54) is 22.0 Å². The standard InChI is InChI=1S/C20H26F3N7O3S/c1-34(31,32)15-5-3-13(4-6-15)26-17-27-16-7-10-29(14-11-24-25-12-14)18(30(16)28-17)33-19(8-2-9-19)20(21,22)23/h7,10-13,15,18H,2-6,8-9H2,1H3,(H,24,25)(H,26,28). The third-order valence-electron chi connectivity index (χ3n) is 6.89. The maximum Gasteiger partial charge on any atom is 0.417 e. The first-order chi connectivity index (χ1) is 16.1. The molecule has 5 rings (SSSR count). The molecule has 0 saturated heterocycles. The lowest BCUT2D eigenvalue weighted by Gasteiger charge is -2.46. The number of sulfone groups is 1. The molecule has 0 aromatic carbocycles. The Balaban J connectivity index is 1.39. The van der Waals surface area contributed by atoms with Crippen molar-refractivity contribution < 1.29 is 26.3 Å². The Morgan fingerprint density at radius 1 is 1.24 bits per heavy atom. The van der Waals surface area contributed by atoms with E-state index in [4.69, 9.17) is 4.74 Å². The summed E-state index contributed by atoms with van der Waals surface area (Å²) in [6, 6.07) is -0.0241. The number of fused-ring (bicyclic) bond motifs is 1. The van der Waals surface area contributed by atoms with Crippen molar-refractivity contribution in [2.45, 2.75) is 74.4 Å². The average Bonchev–Trinajstić information content (AvgIpc) is 3.39. The summed E-state index contributed by atoms with van der Waals surface area (Å²) in [6.07, 6.45) is 4.37. The largest absolute Gasteiger partial charge is 0.417 e. The zero-order valence-corrected chi connectivity index (χ0v) is 19.3. The fourth-order valence-electron chi connectivity index (χ4n) is 4.70. The first-order valence-corrected chi connectivity index (χ1v) is 13.1. The van der Waals surface area contributed by atoms with Crippen molar-refractivity contribution in [1.29, 1.82) is 0 Å². The Labute approximate surface area is 194 Å². The molecule has 2 aromatic heterocycles. The van der Waals surface area contributed by atoms with Crippen LogP contribution in [0.15, 0.2) is 18.6 Å². The van der Waals surface area contributed by atoms with E-state index in [2.05, 4.69) is 25.6 Å². The van der Waals surface area contributed by atoms with Gasteiger partial charge >= 0.3 is 6.18 Å². The Morgan fingerprint density at radius 2 is 1.97 bits per heavy atom. The van der Waals surface area contributed by atoms with Crippen LogP contribution in [0.1, 0.15) is 57.1 Å². The van der Waals surface area contributed by atoms with E-state index in [0.717, 1.165) is 0 Å². The number of anilines is 2. The van der Waals surface area contributed by atoms with Crippen molar-refractivity contribution in [3.05, 3.63) is 24.4 Å². The minimum atomic E-state index is -4.52. The van der Waals surface area contributed by atoms with E-state index in [1.54, 1.807) is 18.5 Å². The molecule has 1 unspecified atom stereocenters. The van der Waals surface area contributed by atoms with E-state index in [0.29, 0.717) is 43.6 Å². The van der Waals surface area contributed by atoms with E-state index in [1.807, 2.05) is 0 Å². The number of aromatic nitrogens is 5. The van der Waals surface area contributed by atoms with Gasteiger partial charge in [0.1, 0.15) is 9.84 Å². The van der Waals surface area contributed by atoms with Gasteiger partial charge in [0, 0.05) is 24.7 Å². The minimum Gasteiger partial charge on any atom is -0.350 e. The number of nitrogens with zero attached hydrogens (tertiary/aromatic N) is 5. The summed E-state index contributed by atoms with van der Waals surface area (Å²) in [7, 11) is -3.08. The normalized spacial score (nSPS) is 26.7. The third-order valence-corrected chi connectivity index (χ3v) is 8.58. The number of alkyl halides is 3. The van der Waals surface area contributed by atoms with Crippen molar-refractivity contribution in [1.82, 2.24) is 25.0 Å². The maximum atomic E-state index is 13.9. The van der Waals surface area contributed by atoms with Gasteiger partial charge in [-0.25, -0.2) is 8.42 Å².